The molecule has 2 atom stereocenters. The first kappa shape index (κ1) is 12.0. The van der Waals surface area contributed by atoms with E-state index in [1.165, 1.54) is 11.8 Å². The van der Waals surface area contributed by atoms with Crippen molar-refractivity contribution >= 4 is 17.7 Å². The van der Waals surface area contributed by atoms with Crippen LogP contribution in [-0.2, 0) is 4.79 Å². The minimum absolute atomic E-state index is 0.0368. The standard InChI is InChI=1S/C10H14N2O2S/c1-6-4-11-10(12-5-6)15-8(3)7(2)9(13)14/h4-5,7-8H,1-3H3,(H,13,14). The van der Waals surface area contributed by atoms with E-state index in [0.29, 0.717) is 5.16 Å². The van der Waals surface area contributed by atoms with E-state index in [1.54, 1.807) is 19.3 Å². The maximum Gasteiger partial charge on any atom is 0.307 e. The van der Waals surface area contributed by atoms with E-state index in [-0.39, 0.29) is 5.25 Å². The molecule has 0 amide bonds. The Balaban J connectivity index is 2.62. The van der Waals surface area contributed by atoms with Crippen LogP contribution < -0.4 is 0 Å². The molecule has 1 N–H and O–H groups in total. The number of aryl methyl sites for hydroxylation is 1. The fourth-order valence-electron chi connectivity index (χ4n) is 0.911. The molecule has 15 heavy (non-hydrogen) atoms. The van der Waals surface area contributed by atoms with E-state index in [2.05, 4.69) is 9.97 Å². The summed E-state index contributed by atoms with van der Waals surface area (Å²) < 4.78 is 0. The molecule has 2 unspecified atom stereocenters. The van der Waals surface area contributed by atoms with E-state index < -0.39 is 11.9 Å². The van der Waals surface area contributed by atoms with Crippen molar-refractivity contribution in [1.82, 2.24) is 9.97 Å². The minimum atomic E-state index is -0.790. The third kappa shape index (κ3) is 3.51. The fraction of sp³-hybridized carbons (Fsp3) is 0.500. The second kappa shape index (κ2) is 5.11. The Hall–Kier alpha value is -1.10. The maximum atomic E-state index is 10.7. The van der Waals surface area contributed by atoms with Crippen molar-refractivity contribution in [3.05, 3.63) is 18.0 Å². The van der Waals surface area contributed by atoms with Crippen molar-refractivity contribution in [2.75, 3.05) is 0 Å². The predicted octanol–water partition coefficient (Wildman–Crippen LogP) is 1.99. The molecule has 0 saturated carbocycles. The molecule has 1 aromatic heterocycles. The lowest BCUT2D eigenvalue weighted by molar-refractivity contribution is -0.140. The van der Waals surface area contributed by atoms with Crippen LogP contribution in [0.4, 0.5) is 0 Å². The number of carbonyl (C=O) groups is 1. The number of aromatic nitrogens is 2. The number of rotatable bonds is 4. The van der Waals surface area contributed by atoms with Crippen LogP contribution in [0.1, 0.15) is 19.4 Å². The number of thioether (sulfide) groups is 1. The van der Waals surface area contributed by atoms with Gasteiger partial charge in [0.05, 0.1) is 5.92 Å². The van der Waals surface area contributed by atoms with Gasteiger partial charge in [0.15, 0.2) is 5.16 Å². The molecule has 0 aliphatic rings. The second-order valence-corrected chi connectivity index (χ2v) is 4.84. The van der Waals surface area contributed by atoms with Crippen molar-refractivity contribution in [2.24, 2.45) is 5.92 Å². The predicted molar refractivity (Wildman–Crippen MR) is 58.9 cm³/mol. The summed E-state index contributed by atoms with van der Waals surface area (Å²) >= 11 is 1.39. The van der Waals surface area contributed by atoms with Crippen LogP contribution >= 0.6 is 11.8 Å². The van der Waals surface area contributed by atoms with E-state index in [9.17, 15) is 4.79 Å². The first-order valence-corrected chi connectivity index (χ1v) is 5.56. The Kier molecular flexibility index (Phi) is 4.08. The van der Waals surface area contributed by atoms with Gasteiger partial charge in [-0.05, 0) is 12.5 Å². The third-order valence-electron chi connectivity index (χ3n) is 2.14. The molecule has 0 bridgehead atoms. The molecule has 0 saturated heterocycles. The van der Waals surface area contributed by atoms with E-state index in [4.69, 9.17) is 5.11 Å². The fourth-order valence-corrected chi connectivity index (χ4v) is 1.79. The largest absolute Gasteiger partial charge is 0.481 e. The van der Waals surface area contributed by atoms with Crippen molar-refractivity contribution in [2.45, 2.75) is 31.2 Å². The average molecular weight is 226 g/mol. The van der Waals surface area contributed by atoms with Crippen LogP contribution in [0.15, 0.2) is 17.6 Å². The summed E-state index contributed by atoms with van der Waals surface area (Å²) in [5.74, 6) is -1.19. The SMILES string of the molecule is Cc1cnc(SC(C)C(C)C(=O)O)nc1. The summed E-state index contributed by atoms with van der Waals surface area (Å²) in [4.78, 5) is 19.0. The summed E-state index contributed by atoms with van der Waals surface area (Å²) in [5.41, 5.74) is 0.998. The Morgan fingerprint density at radius 2 is 1.93 bits per heavy atom. The maximum absolute atomic E-state index is 10.7. The molecule has 0 aliphatic carbocycles. The van der Waals surface area contributed by atoms with Gasteiger partial charge in [0, 0.05) is 17.6 Å². The molecular weight excluding hydrogens is 212 g/mol. The number of nitrogens with zero attached hydrogens (tertiary/aromatic N) is 2. The van der Waals surface area contributed by atoms with Gasteiger partial charge in [-0.2, -0.15) is 0 Å². The number of aliphatic carboxylic acids is 1. The highest BCUT2D eigenvalue weighted by Gasteiger charge is 2.21. The summed E-state index contributed by atoms with van der Waals surface area (Å²) in [6.07, 6.45) is 3.46. The number of hydrogen-bond acceptors (Lipinski definition) is 4. The van der Waals surface area contributed by atoms with Gasteiger partial charge in [-0.3, -0.25) is 4.79 Å². The Morgan fingerprint density at radius 1 is 1.40 bits per heavy atom. The van der Waals surface area contributed by atoms with Crippen molar-refractivity contribution in [3.63, 3.8) is 0 Å². The molecule has 0 spiro atoms. The van der Waals surface area contributed by atoms with Gasteiger partial charge >= 0.3 is 5.97 Å². The topological polar surface area (TPSA) is 63.1 Å². The molecule has 0 aliphatic heterocycles. The van der Waals surface area contributed by atoms with Crippen LogP contribution in [-0.4, -0.2) is 26.3 Å². The molecule has 1 heterocycles. The lowest BCUT2D eigenvalue weighted by Crippen LogP contribution is -2.20. The normalized spacial score (nSPS) is 14.6. The van der Waals surface area contributed by atoms with Crippen molar-refractivity contribution < 1.29 is 9.90 Å². The summed E-state index contributed by atoms with van der Waals surface area (Å²) in [7, 11) is 0. The van der Waals surface area contributed by atoms with E-state index in [1.807, 2.05) is 13.8 Å². The first-order valence-electron chi connectivity index (χ1n) is 4.69. The molecule has 5 heteroatoms. The highest BCUT2D eigenvalue weighted by molar-refractivity contribution is 7.99. The summed E-state index contributed by atoms with van der Waals surface area (Å²) in [5, 5.41) is 9.41. The lowest BCUT2D eigenvalue weighted by Gasteiger charge is -2.13. The van der Waals surface area contributed by atoms with E-state index in [0.717, 1.165) is 5.56 Å². The minimum Gasteiger partial charge on any atom is -0.481 e. The molecule has 0 fully saturated rings. The van der Waals surface area contributed by atoms with Crippen LogP contribution in [0.2, 0.25) is 0 Å². The number of carboxylic acid groups (broad SMARTS) is 1. The van der Waals surface area contributed by atoms with Crippen molar-refractivity contribution in [1.29, 1.82) is 0 Å². The second-order valence-electron chi connectivity index (χ2n) is 3.49. The third-order valence-corrected chi connectivity index (χ3v) is 3.34. The first-order chi connectivity index (χ1) is 7.00. The monoisotopic (exact) mass is 226 g/mol. The van der Waals surface area contributed by atoms with Gasteiger partial charge in [-0.1, -0.05) is 25.6 Å². The molecule has 0 radical (unpaired) electrons. The number of carboxylic acids is 1. The molecule has 1 aromatic rings. The van der Waals surface area contributed by atoms with Gasteiger partial charge in [0.25, 0.3) is 0 Å². The average Bonchev–Trinajstić information content (AvgIpc) is 2.20. The number of hydrogen-bond donors (Lipinski definition) is 1. The van der Waals surface area contributed by atoms with Gasteiger partial charge < -0.3 is 5.11 Å². The Morgan fingerprint density at radius 3 is 2.40 bits per heavy atom. The zero-order valence-corrected chi connectivity index (χ0v) is 9.78. The van der Waals surface area contributed by atoms with Crippen LogP contribution in [0.3, 0.4) is 0 Å². The zero-order valence-electron chi connectivity index (χ0n) is 8.97. The van der Waals surface area contributed by atoms with Crippen molar-refractivity contribution in [3.8, 4) is 0 Å². The quantitative estimate of drug-likeness (QED) is 0.628. The lowest BCUT2D eigenvalue weighted by atomic mass is 10.1. The highest BCUT2D eigenvalue weighted by Crippen LogP contribution is 2.24. The molecular formula is C10H14N2O2S. The van der Waals surface area contributed by atoms with Crippen LogP contribution in [0.25, 0.3) is 0 Å². The molecule has 1 rings (SSSR count). The highest BCUT2D eigenvalue weighted by atomic mass is 32.2. The smallest absolute Gasteiger partial charge is 0.307 e. The van der Waals surface area contributed by atoms with Crippen LogP contribution in [0, 0.1) is 12.8 Å². The Bertz CT molecular complexity index is 340. The van der Waals surface area contributed by atoms with Crippen LogP contribution in [0.5, 0.6) is 0 Å². The van der Waals surface area contributed by atoms with Gasteiger partial charge in [-0.25, -0.2) is 9.97 Å². The Labute approximate surface area is 93.1 Å². The van der Waals surface area contributed by atoms with Gasteiger partial charge in [-0.15, -0.1) is 0 Å². The zero-order chi connectivity index (χ0) is 11.4. The van der Waals surface area contributed by atoms with E-state index >= 15 is 0 Å². The molecule has 82 valence electrons. The summed E-state index contributed by atoms with van der Waals surface area (Å²) in [6, 6.07) is 0. The van der Waals surface area contributed by atoms with Gasteiger partial charge in [0.1, 0.15) is 0 Å². The molecule has 4 nitrogen and oxygen atoms in total. The summed E-state index contributed by atoms with van der Waals surface area (Å²) in [6.45, 7) is 5.47. The van der Waals surface area contributed by atoms with Gasteiger partial charge in [0.2, 0.25) is 0 Å². The molecule has 0 aromatic carbocycles.